The Balaban J connectivity index is 1.61. The molecule has 0 heterocycles. The number of aryl methyl sites for hydroxylation is 2. The second-order valence-corrected chi connectivity index (χ2v) is 8.86. The summed E-state index contributed by atoms with van der Waals surface area (Å²) < 4.78 is 33.3. The second kappa shape index (κ2) is 9.19. The summed E-state index contributed by atoms with van der Waals surface area (Å²) in [5.41, 5.74) is 2.78. The summed E-state index contributed by atoms with van der Waals surface area (Å²) in [5.74, 6) is 0.155. The molecule has 0 saturated heterocycles. The summed E-state index contributed by atoms with van der Waals surface area (Å²) in [6.07, 6.45) is 0. The van der Waals surface area contributed by atoms with Crippen LogP contribution in [0.4, 0.5) is 11.4 Å². The monoisotopic (exact) mass is 444 g/mol. The zero-order valence-corrected chi connectivity index (χ0v) is 18.0. The fourth-order valence-electron chi connectivity index (χ4n) is 2.64. The molecule has 0 unspecified atom stereocenters. The average Bonchev–Trinajstić information content (AvgIpc) is 2.70. The molecule has 0 aliphatic rings. The Morgan fingerprint density at radius 3 is 2.30 bits per heavy atom. The Hall–Kier alpha value is -3.03. The van der Waals surface area contributed by atoms with Crippen LogP contribution in [0.25, 0.3) is 0 Å². The minimum absolute atomic E-state index is 0.0961. The lowest BCUT2D eigenvalue weighted by Gasteiger charge is -2.12. The first kappa shape index (κ1) is 21.7. The molecule has 6 nitrogen and oxygen atoms in total. The van der Waals surface area contributed by atoms with Gasteiger partial charge in [0.2, 0.25) is 0 Å². The molecule has 30 heavy (non-hydrogen) atoms. The molecule has 0 aliphatic heterocycles. The van der Waals surface area contributed by atoms with Crippen LogP contribution in [0.2, 0.25) is 5.02 Å². The van der Waals surface area contributed by atoms with E-state index in [0.29, 0.717) is 22.1 Å². The number of benzene rings is 3. The largest absolute Gasteiger partial charge is 0.484 e. The number of nitrogens with one attached hydrogen (secondary N) is 2. The van der Waals surface area contributed by atoms with Crippen LogP contribution in [0.15, 0.2) is 71.6 Å². The molecule has 8 heteroatoms. The smallest absolute Gasteiger partial charge is 0.262 e. The van der Waals surface area contributed by atoms with Crippen LogP contribution >= 0.6 is 11.6 Å². The Bertz CT molecular complexity index is 1140. The first-order chi connectivity index (χ1) is 14.2. The van der Waals surface area contributed by atoms with Crippen LogP contribution < -0.4 is 14.8 Å². The summed E-state index contributed by atoms with van der Waals surface area (Å²) >= 11 is 5.80. The Labute approximate surface area is 180 Å². The van der Waals surface area contributed by atoms with Gasteiger partial charge in [0, 0.05) is 10.7 Å². The van der Waals surface area contributed by atoms with Crippen molar-refractivity contribution in [3.05, 3.63) is 82.9 Å². The number of carbonyl (C=O) groups excluding carboxylic acids is 1. The number of sulfonamides is 1. The first-order valence-electron chi connectivity index (χ1n) is 9.11. The van der Waals surface area contributed by atoms with E-state index in [1.807, 2.05) is 26.0 Å². The van der Waals surface area contributed by atoms with Crippen molar-refractivity contribution in [1.82, 2.24) is 0 Å². The van der Waals surface area contributed by atoms with E-state index in [-0.39, 0.29) is 17.4 Å². The summed E-state index contributed by atoms with van der Waals surface area (Å²) in [5, 5.41) is 3.24. The van der Waals surface area contributed by atoms with Crippen molar-refractivity contribution in [2.45, 2.75) is 18.7 Å². The normalized spacial score (nSPS) is 11.0. The summed E-state index contributed by atoms with van der Waals surface area (Å²) in [4.78, 5) is 12.1. The van der Waals surface area contributed by atoms with Crippen molar-refractivity contribution < 1.29 is 17.9 Å². The fourth-order valence-corrected chi connectivity index (χ4v) is 3.89. The number of carbonyl (C=O) groups is 1. The van der Waals surface area contributed by atoms with E-state index in [0.717, 1.165) is 11.1 Å². The van der Waals surface area contributed by atoms with Crippen molar-refractivity contribution in [3.63, 3.8) is 0 Å². The lowest BCUT2D eigenvalue weighted by atomic mass is 10.1. The van der Waals surface area contributed by atoms with Crippen molar-refractivity contribution in [3.8, 4) is 5.75 Å². The Kier molecular flexibility index (Phi) is 6.64. The van der Waals surface area contributed by atoms with Crippen LogP contribution in [-0.4, -0.2) is 20.9 Å². The van der Waals surface area contributed by atoms with Gasteiger partial charge in [-0.1, -0.05) is 23.7 Å². The van der Waals surface area contributed by atoms with Gasteiger partial charge < -0.3 is 10.1 Å². The summed E-state index contributed by atoms with van der Waals surface area (Å²) in [6, 6.07) is 18.1. The Morgan fingerprint density at radius 2 is 1.63 bits per heavy atom. The molecule has 0 spiro atoms. The number of amides is 1. The van der Waals surface area contributed by atoms with Gasteiger partial charge in [0.05, 0.1) is 10.6 Å². The molecular weight excluding hydrogens is 424 g/mol. The quantitative estimate of drug-likeness (QED) is 0.549. The number of hydrogen-bond acceptors (Lipinski definition) is 4. The molecule has 3 aromatic carbocycles. The standard InChI is InChI=1S/C22H21ClN2O4S/c1-15-3-4-16(2)21(13-15)25-30(27,28)20-11-7-18(8-12-20)24-22(26)14-29-19-9-5-17(23)6-10-19/h3-13,25H,14H2,1-2H3,(H,24,26). The molecule has 0 atom stereocenters. The molecule has 1 amide bonds. The third-order valence-corrected chi connectivity index (χ3v) is 5.90. The molecule has 156 valence electrons. The van der Waals surface area contributed by atoms with Crippen molar-refractivity contribution >= 4 is 38.9 Å². The van der Waals surface area contributed by atoms with E-state index in [2.05, 4.69) is 10.0 Å². The van der Waals surface area contributed by atoms with Crippen LogP contribution in [0.3, 0.4) is 0 Å². The second-order valence-electron chi connectivity index (χ2n) is 6.74. The highest BCUT2D eigenvalue weighted by molar-refractivity contribution is 7.92. The van der Waals surface area contributed by atoms with Gasteiger partial charge in [-0.15, -0.1) is 0 Å². The molecule has 3 aromatic rings. The van der Waals surface area contributed by atoms with E-state index in [4.69, 9.17) is 16.3 Å². The predicted octanol–water partition coefficient (Wildman–Crippen LogP) is 4.78. The van der Waals surface area contributed by atoms with Gasteiger partial charge in [-0.05, 0) is 79.6 Å². The average molecular weight is 445 g/mol. The molecule has 0 bridgehead atoms. The van der Waals surface area contributed by atoms with Crippen molar-refractivity contribution in [1.29, 1.82) is 0 Å². The SMILES string of the molecule is Cc1ccc(C)c(NS(=O)(=O)c2ccc(NC(=O)COc3ccc(Cl)cc3)cc2)c1. The number of halogens is 1. The molecule has 0 fully saturated rings. The van der Waals surface area contributed by atoms with E-state index >= 15 is 0 Å². The maximum absolute atomic E-state index is 12.7. The zero-order chi connectivity index (χ0) is 21.7. The molecule has 0 saturated carbocycles. The summed E-state index contributed by atoms with van der Waals surface area (Å²) in [6.45, 7) is 3.54. The van der Waals surface area contributed by atoms with Crippen molar-refractivity contribution in [2.24, 2.45) is 0 Å². The minimum atomic E-state index is -3.75. The lowest BCUT2D eigenvalue weighted by molar-refractivity contribution is -0.118. The van der Waals surface area contributed by atoms with Gasteiger partial charge in [0.25, 0.3) is 15.9 Å². The number of anilines is 2. The topological polar surface area (TPSA) is 84.5 Å². The highest BCUT2D eigenvalue weighted by atomic mass is 35.5. The maximum Gasteiger partial charge on any atom is 0.262 e. The van der Waals surface area contributed by atoms with E-state index in [1.165, 1.54) is 24.3 Å². The number of ether oxygens (including phenoxy) is 1. The van der Waals surface area contributed by atoms with Crippen LogP contribution in [0.1, 0.15) is 11.1 Å². The number of hydrogen-bond donors (Lipinski definition) is 2. The number of rotatable bonds is 7. The van der Waals surface area contributed by atoms with Gasteiger partial charge in [0.15, 0.2) is 6.61 Å². The molecule has 2 N–H and O–H groups in total. The van der Waals surface area contributed by atoms with Crippen LogP contribution in [0.5, 0.6) is 5.75 Å². The summed E-state index contributed by atoms with van der Waals surface area (Å²) in [7, 11) is -3.75. The third-order valence-electron chi connectivity index (χ3n) is 4.27. The van der Waals surface area contributed by atoms with E-state index in [9.17, 15) is 13.2 Å². The zero-order valence-electron chi connectivity index (χ0n) is 16.5. The van der Waals surface area contributed by atoms with Crippen LogP contribution in [-0.2, 0) is 14.8 Å². The predicted molar refractivity (Wildman–Crippen MR) is 119 cm³/mol. The van der Waals surface area contributed by atoms with Gasteiger partial charge in [-0.25, -0.2) is 8.42 Å². The molecule has 0 aromatic heterocycles. The Morgan fingerprint density at radius 1 is 0.967 bits per heavy atom. The van der Waals surface area contributed by atoms with E-state index in [1.54, 1.807) is 30.3 Å². The van der Waals surface area contributed by atoms with Gasteiger partial charge in [0.1, 0.15) is 5.75 Å². The fraction of sp³-hybridized carbons (Fsp3) is 0.136. The third kappa shape index (κ3) is 5.75. The lowest BCUT2D eigenvalue weighted by Crippen LogP contribution is -2.20. The highest BCUT2D eigenvalue weighted by Crippen LogP contribution is 2.22. The van der Waals surface area contributed by atoms with Crippen molar-refractivity contribution in [2.75, 3.05) is 16.6 Å². The minimum Gasteiger partial charge on any atom is -0.484 e. The van der Waals surface area contributed by atoms with Gasteiger partial charge in [-0.3, -0.25) is 9.52 Å². The highest BCUT2D eigenvalue weighted by Gasteiger charge is 2.15. The maximum atomic E-state index is 12.7. The molecular formula is C22H21ClN2O4S. The van der Waals surface area contributed by atoms with Gasteiger partial charge >= 0.3 is 0 Å². The molecule has 3 rings (SSSR count). The first-order valence-corrected chi connectivity index (χ1v) is 11.0. The van der Waals surface area contributed by atoms with Gasteiger partial charge in [-0.2, -0.15) is 0 Å². The van der Waals surface area contributed by atoms with E-state index < -0.39 is 10.0 Å². The molecule has 0 radical (unpaired) electrons. The molecule has 0 aliphatic carbocycles. The van der Waals surface area contributed by atoms with Crippen LogP contribution in [0, 0.1) is 13.8 Å².